The van der Waals surface area contributed by atoms with Crippen LogP contribution in [0.15, 0.2) is 110 Å². The number of allylic oxidation sites excluding steroid dienone is 3. The second kappa shape index (κ2) is 11.0. The molecule has 5 heterocycles. The minimum absolute atomic E-state index is 0.688. The van der Waals surface area contributed by atoms with Crippen molar-refractivity contribution >= 4 is 33.5 Å². The van der Waals surface area contributed by atoms with Crippen LogP contribution < -0.4 is 5.32 Å². The average molecular weight is 542 g/mol. The summed E-state index contributed by atoms with van der Waals surface area (Å²) >= 11 is 1.67. The maximum Gasteiger partial charge on any atom is 0.159 e. The van der Waals surface area contributed by atoms with E-state index in [0.29, 0.717) is 5.82 Å². The number of nitrogens with zero attached hydrogens (tertiary/aromatic N) is 4. The van der Waals surface area contributed by atoms with Crippen molar-refractivity contribution in [2.75, 3.05) is 5.32 Å². The van der Waals surface area contributed by atoms with Crippen LogP contribution >= 0.6 is 11.3 Å². The molecule has 0 atom stereocenters. The summed E-state index contributed by atoms with van der Waals surface area (Å²) in [6.45, 7) is 10.1. The Labute approximate surface area is 236 Å². The third kappa shape index (κ3) is 5.12. The van der Waals surface area contributed by atoms with Crippen LogP contribution in [0.3, 0.4) is 0 Å². The number of aryl methyl sites for hydroxylation is 1. The lowest BCUT2D eigenvalue weighted by molar-refractivity contribution is 1.10. The molecule has 0 aliphatic heterocycles. The van der Waals surface area contributed by atoms with Crippen molar-refractivity contribution in [2.45, 2.75) is 13.3 Å². The van der Waals surface area contributed by atoms with Crippen molar-refractivity contribution in [3.05, 3.63) is 131 Å². The number of aromatic nitrogens is 6. The van der Waals surface area contributed by atoms with E-state index in [4.69, 9.17) is 4.98 Å². The van der Waals surface area contributed by atoms with Gasteiger partial charge in [0.2, 0.25) is 0 Å². The van der Waals surface area contributed by atoms with E-state index < -0.39 is 0 Å². The number of anilines is 1. The van der Waals surface area contributed by atoms with Crippen LogP contribution in [0.1, 0.15) is 21.8 Å². The number of fused-ring (bicyclic) bond motifs is 1. The summed E-state index contributed by atoms with van der Waals surface area (Å²) in [7, 11) is 0. The van der Waals surface area contributed by atoms with E-state index in [0.717, 1.165) is 67.5 Å². The Balaban J connectivity index is 1.30. The van der Waals surface area contributed by atoms with E-state index in [1.807, 2.05) is 55.6 Å². The molecule has 0 saturated carbocycles. The van der Waals surface area contributed by atoms with Crippen molar-refractivity contribution < 1.29 is 0 Å². The lowest BCUT2D eigenvalue weighted by Gasteiger charge is -2.11. The van der Waals surface area contributed by atoms with Crippen LogP contribution in [0.2, 0.25) is 0 Å². The molecule has 0 aliphatic rings. The van der Waals surface area contributed by atoms with Gasteiger partial charge < -0.3 is 10.3 Å². The molecule has 0 fully saturated rings. The van der Waals surface area contributed by atoms with E-state index in [1.54, 1.807) is 29.8 Å². The van der Waals surface area contributed by atoms with Crippen LogP contribution in [0, 0.1) is 6.92 Å². The molecule has 8 heteroatoms. The fourth-order valence-electron chi connectivity index (χ4n) is 4.66. The predicted molar refractivity (Wildman–Crippen MR) is 164 cm³/mol. The molecular formula is C32H27N7S. The largest absolute Gasteiger partial charge is 0.358 e. The number of benzene rings is 1. The van der Waals surface area contributed by atoms with Gasteiger partial charge in [-0.3, -0.25) is 15.1 Å². The molecule has 6 rings (SSSR count). The van der Waals surface area contributed by atoms with Crippen LogP contribution in [0.5, 0.6) is 0 Å². The fourth-order valence-corrected chi connectivity index (χ4v) is 5.41. The van der Waals surface area contributed by atoms with Crippen molar-refractivity contribution in [3.63, 3.8) is 0 Å². The Morgan fingerprint density at radius 2 is 1.95 bits per heavy atom. The molecule has 1 aromatic carbocycles. The maximum atomic E-state index is 4.96. The quantitative estimate of drug-likeness (QED) is 0.164. The van der Waals surface area contributed by atoms with Gasteiger partial charge in [0.15, 0.2) is 5.82 Å². The van der Waals surface area contributed by atoms with Gasteiger partial charge in [0.05, 0.1) is 35.0 Å². The van der Waals surface area contributed by atoms with Crippen LogP contribution in [-0.4, -0.2) is 30.1 Å². The van der Waals surface area contributed by atoms with Gasteiger partial charge in [0.1, 0.15) is 5.69 Å². The number of hydrogen-bond donors (Lipinski definition) is 3. The number of rotatable bonds is 9. The van der Waals surface area contributed by atoms with Gasteiger partial charge in [-0.05, 0) is 36.1 Å². The maximum absolute atomic E-state index is 4.96. The number of nitrogens with one attached hydrogen (secondary N) is 3. The monoisotopic (exact) mass is 541 g/mol. The summed E-state index contributed by atoms with van der Waals surface area (Å²) in [6.07, 6.45) is 9.90. The first-order chi connectivity index (χ1) is 19.6. The Hall–Kier alpha value is -5.08. The fraction of sp³-hybridized carbons (Fsp3) is 0.0625. The normalized spacial score (nSPS) is 11.6. The highest BCUT2D eigenvalue weighted by Crippen LogP contribution is 2.33. The Morgan fingerprint density at radius 1 is 1.07 bits per heavy atom. The smallest absolute Gasteiger partial charge is 0.159 e. The first kappa shape index (κ1) is 25.2. The first-order valence-electron chi connectivity index (χ1n) is 12.8. The average Bonchev–Trinajstić information content (AvgIpc) is 3.72. The van der Waals surface area contributed by atoms with E-state index >= 15 is 0 Å². The molecule has 7 nitrogen and oxygen atoms in total. The van der Waals surface area contributed by atoms with Crippen LogP contribution in [0.4, 0.5) is 5.69 Å². The summed E-state index contributed by atoms with van der Waals surface area (Å²) in [6, 6.07) is 18.4. The predicted octanol–water partition coefficient (Wildman–Crippen LogP) is 7.57. The van der Waals surface area contributed by atoms with Crippen molar-refractivity contribution in [1.82, 2.24) is 30.1 Å². The molecule has 0 aliphatic carbocycles. The number of hydrogen-bond acceptors (Lipinski definition) is 6. The molecule has 0 bridgehead atoms. The lowest BCUT2D eigenvalue weighted by atomic mass is 10.1. The molecule has 5 aromatic heterocycles. The highest BCUT2D eigenvalue weighted by atomic mass is 32.1. The molecule has 0 unspecified atom stereocenters. The third-order valence-electron chi connectivity index (χ3n) is 6.50. The zero-order chi connectivity index (χ0) is 27.5. The Kier molecular flexibility index (Phi) is 6.91. The molecule has 3 N–H and O–H groups in total. The van der Waals surface area contributed by atoms with Crippen LogP contribution in [-0.2, 0) is 6.42 Å². The highest BCUT2D eigenvalue weighted by molar-refractivity contribution is 7.11. The molecule has 0 amide bonds. The van der Waals surface area contributed by atoms with Gasteiger partial charge in [0, 0.05) is 45.4 Å². The number of thiophene rings is 1. The van der Waals surface area contributed by atoms with Gasteiger partial charge in [-0.2, -0.15) is 5.10 Å². The van der Waals surface area contributed by atoms with Gasteiger partial charge in [-0.25, -0.2) is 4.98 Å². The van der Waals surface area contributed by atoms with E-state index in [1.165, 1.54) is 5.56 Å². The van der Waals surface area contributed by atoms with Gasteiger partial charge in [0.25, 0.3) is 0 Å². The molecule has 0 spiro atoms. The molecule has 40 heavy (non-hydrogen) atoms. The zero-order valence-corrected chi connectivity index (χ0v) is 22.8. The van der Waals surface area contributed by atoms with Crippen molar-refractivity contribution in [3.8, 4) is 22.8 Å². The number of H-pyrrole nitrogens is 2. The second-order valence-electron chi connectivity index (χ2n) is 9.39. The van der Waals surface area contributed by atoms with Gasteiger partial charge in [-0.15, -0.1) is 11.3 Å². The topological polar surface area (TPSA) is 95.2 Å². The van der Waals surface area contributed by atoms with Crippen LogP contribution in [0.25, 0.3) is 39.3 Å². The van der Waals surface area contributed by atoms with Crippen molar-refractivity contribution in [2.24, 2.45) is 0 Å². The summed E-state index contributed by atoms with van der Waals surface area (Å²) in [5.74, 6) is 0.688. The minimum atomic E-state index is 0.688. The Morgan fingerprint density at radius 3 is 2.75 bits per heavy atom. The number of aromatic amines is 2. The number of pyridine rings is 2. The summed E-state index contributed by atoms with van der Waals surface area (Å²) in [5, 5.41) is 14.0. The molecule has 6 aromatic rings. The molecule has 0 saturated heterocycles. The summed E-state index contributed by atoms with van der Waals surface area (Å²) < 4.78 is 0. The van der Waals surface area contributed by atoms with Crippen molar-refractivity contribution in [1.29, 1.82) is 0 Å². The third-order valence-corrected chi connectivity index (χ3v) is 7.40. The SMILES string of the molecule is C=C/C=C(/c1cccs1)c1nc(-c2n[nH]c3cnc(-c4cncc(NC(=C)Cc5ccccc5)c4)cc23)[nH]c1C. The second-order valence-corrected chi connectivity index (χ2v) is 10.3. The molecule has 0 radical (unpaired) electrons. The molecule has 196 valence electrons. The van der Waals surface area contributed by atoms with E-state index in [2.05, 4.69) is 67.2 Å². The minimum Gasteiger partial charge on any atom is -0.358 e. The van der Waals surface area contributed by atoms with E-state index in [9.17, 15) is 0 Å². The van der Waals surface area contributed by atoms with Gasteiger partial charge in [-0.1, -0.05) is 61.7 Å². The summed E-state index contributed by atoms with van der Waals surface area (Å²) in [4.78, 5) is 18.6. The highest BCUT2D eigenvalue weighted by Gasteiger charge is 2.19. The number of imidazole rings is 1. The summed E-state index contributed by atoms with van der Waals surface area (Å²) in [5.41, 5.74) is 9.03. The molecular weight excluding hydrogens is 514 g/mol. The lowest BCUT2D eigenvalue weighted by Crippen LogP contribution is -2.02. The van der Waals surface area contributed by atoms with Gasteiger partial charge >= 0.3 is 0 Å². The standard InChI is InChI=1S/C32H27N7S/c1-4-9-25(29-12-8-13-40-29)30-21(3)36-32(37-30)31-26-16-27(34-19-28(26)38-39-31)23-15-24(18-33-17-23)35-20(2)14-22-10-6-5-7-11-22/h4-13,15-19,35H,1-2,14H2,3H3,(H,36,37)(H,38,39)/b25-9-. The zero-order valence-electron chi connectivity index (χ0n) is 22.0. The van der Waals surface area contributed by atoms with E-state index in [-0.39, 0.29) is 0 Å². The first-order valence-corrected chi connectivity index (χ1v) is 13.7. The Bertz CT molecular complexity index is 1840.